The number of fused-ring (bicyclic) bond motifs is 1. The number of rotatable bonds is 3. The third kappa shape index (κ3) is 2.32. The van der Waals surface area contributed by atoms with Gasteiger partial charge in [0.15, 0.2) is 5.75 Å². The number of benzene rings is 1. The first-order valence-electron chi connectivity index (χ1n) is 5.75. The SMILES string of the molecule is COc1ccc(ON2C=C3CNSC3=CC2)cc1. The Morgan fingerprint density at radius 3 is 2.78 bits per heavy atom. The molecule has 3 rings (SSSR count). The molecular formula is C13H14N2O2S. The Morgan fingerprint density at radius 2 is 2.00 bits per heavy atom. The predicted octanol–water partition coefficient (Wildman–Crippen LogP) is 2.32. The molecule has 1 fully saturated rings. The van der Waals surface area contributed by atoms with E-state index in [0.717, 1.165) is 24.6 Å². The Labute approximate surface area is 110 Å². The van der Waals surface area contributed by atoms with Crippen LogP contribution in [0.2, 0.25) is 0 Å². The van der Waals surface area contributed by atoms with Gasteiger partial charge in [0.1, 0.15) is 5.75 Å². The van der Waals surface area contributed by atoms with E-state index < -0.39 is 0 Å². The van der Waals surface area contributed by atoms with Crippen LogP contribution in [0.15, 0.2) is 47.0 Å². The van der Waals surface area contributed by atoms with Crippen molar-refractivity contribution in [2.24, 2.45) is 0 Å². The van der Waals surface area contributed by atoms with E-state index in [9.17, 15) is 0 Å². The molecule has 0 spiro atoms. The first kappa shape index (κ1) is 11.5. The van der Waals surface area contributed by atoms with Crippen LogP contribution in [0.1, 0.15) is 0 Å². The Bertz CT molecular complexity index is 496. The van der Waals surface area contributed by atoms with Gasteiger partial charge < -0.3 is 9.57 Å². The summed E-state index contributed by atoms with van der Waals surface area (Å²) < 4.78 is 8.36. The number of nitrogens with one attached hydrogen (secondary N) is 1. The average Bonchev–Trinajstić information content (AvgIpc) is 2.87. The fraction of sp³-hybridized carbons (Fsp3) is 0.231. The molecule has 1 aromatic carbocycles. The Morgan fingerprint density at radius 1 is 1.22 bits per heavy atom. The minimum Gasteiger partial charge on any atom is -0.497 e. The van der Waals surface area contributed by atoms with Gasteiger partial charge in [0.2, 0.25) is 0 Å². The van der Waals surface area contributed by atoms with Gasteiger partial charge in [-0.05, 0) is 42.3 Å². The van der Waals surface area contributed by atoms with Crippen LogP contribution in [-0.4, -0.2) is 25.3 Å². The highest BCUT2D eigenvalue weighted by Crippen LogP contribution is 2.31. The lowest BCUT2D eigenvalue weighted by atomic mass is 10.2. The number of nitrogens with zero attached hydrogens (tertiary/aromatic N) is 1. The Kier molecular flexibility index (Phi) is 3.17. The molecule has 4 nitrogen and oxygen atoms in total. The third-order valence-electron chi connectivity index (χ3n) is 2.80. The van der Waals surface area contributed by atoms with E-state index in [1.807, 2.05) is 35.5 Å². The predicted molar refractivity (Wildman–Crippen MR) is 72.1 cm³/mol. The summed E-state index contributed by atoms with van der Waals surface area (Å²) in [5.41, 5.74) is 1.28. The fourth-order valence-electron chi connectivity index (χ4n) is 1.86. The topological polar surface area (TPSA) is 33.7 Å². The summed E-state index contributed by atoms with van der Waals surface area (Å²) in [7, 11) is 1.65. The minimum atomic E-state index is 0.763. The van der Waals surface area contributed by atoms with Crippen molar-refractivity contribution in [2.75, 3.05) is 20.2 Å². The van der Waals surface area contributed by atoms with Crippen LogP contribution in [0, 0.1) is 0 Å². The molecule has 1 aromatic rings. The zero-order valence-corrected chi connectivity index (χ0v) is 10.9. The van der Waals surface area contributed by atoms with Crippen LogP contribution in [0.4, 0.5) is 0 Å². The summed E-state index contributed by atoms with van der Waals surface area (Å²) in [6.07, 6.45) is 4.22. The third-order valence-corrected chi connectivity index (χ3v) is 3.74. The van der Waals surface area contributed by atoms with Crippen molar-refractivity contribution >= 4 is 11.9 Å². The lowest BCUT2D eigenvalue weighted by Gasteiger charge is -2.23. The molecule has 0 radical (unpaired) electrons. The maximum absolute atomic E-state index is 5.78. The minimum absolute atomic E-state index is 0.763. The van der Waals surface area contributed by atoms with Gasteiger partial charge >= 0.3 is 0 Å². The van der Waals surface area contributed by atoms with Crippen LogP contribution in [-0.2, 0) is 0 Å². The summed E-state index contributed by atoms with van der Waals surface area (Å²) in [6, 6.07) is 7.58. The molecule has 2 heterocycles. The summed E-state index contributed by atoms with van der Waals surface area (Å²) in [5, 5.41) is 1.84. The molecule has 1 N–H and O–H groups in total. The normalized spacial score (nSPS) is 17.9. The second-order valence-electron chi connectivity index (χ2n) is 4.01. The maximum Gasteiger partial charge on any atom is 0.155 e. The number of ether oxygens (including phenoxy) is 1. The number of methoxy groups -OCH3 is 1. The number of hydroxylamine groups is 2. The zero-order valence-electron chi connectivity index (χ0n) is 10.1. The summed E-state index contributed by atoms with van der Waals surface area (Å²) in [4.78, 5) is 7.09. The Hall–Kier alpha value is -1.59. The molecule has 1 saturated heterocycles. The molecule has 5 heteroatoms. The first-order valence-corrected chi connectivity index (χ1v) is 6.56. The summed E-state index contributed by atoms with van der Waals surface area (Å²) in [6.45, 7) is 1.65. The van der Waals surface area contributed by atoms with Crippen LogP contribution in [0.5, 0.6) is 11.5 Å². The van der Waals surface area contributed by atoms with E-state index in [4.69, 9.17) is 9.57 Å². The quantitative estimate of drug-likeness (QED) is 0.846. The highest BCUT2D eigenvalue weighted by Gasteiger charge is 2.19. The van der Waals surface area contributed by atoms with Crippen LogP contribution in [0.25, 0.3) is 0 Å². The highest BCUT2D eigenvalue weighted by molar-refractivity contribution is 8.01. The van der Waals surface area contributed by atoms with E-state index in [2.05, 4.69) is 10.8 Å². The van der Waals surface area contributed by atoms with Gasteiger partial charge in [-0.3, -0.25) is 4.72 Å². The van der Waals surface area contributed by atoms with Crippen molar-refractivity contribution in [1.29, 1.82) is 0 Å². The lowest BCUT2D eigenvalue weighted by Crippen LogP contribution is -2.25. The van der Waals surface area contributed by atoms with Crippen molar-refractivity contribution in [3.8, 4) is 11.5 Å². The van der Waals surface area contributed by atoms with Gasteiger partial charge in [0.25, 0.3) is 0 Å². The van der Waals surface area contributed by atoms with Crippen molar-refractivity contribution in [3.63, 3.8) is 0 Å². The van der Waals surface area contributed by atoms with E-state index in [1.165, 1.54) is 10.5 Å². The molecule has 0 aromatic heterocycles. The van der Waals surface area contributed by atoms with E-state index >= 15 is 0 Å². The van der Waals surface area contributed by atoms with E-state index in [1.54, 1.807) is 19.1 Å². The van der Waals surface area contributed by atoms with Crippen molar-refractivity contribution in [3.05, 3.63) is 47.0 Å². The number of hydrogen-bond donors (Lipinski definition) is 1. The zero-order chi connectivity index (χ0) is 12.4. The maximum atomic E-state index is 5.78. The molecule has 0 saturated carbocycles. The van der Waals surface area contributed by atoms with Gasteiger partial charge in [0.05, 0.1) is 13.7 Å². The monoisotopic (exact) mass is 262 g/mol. The van der Waals surface area contributed by atoms with Gasteiger partial charge in [-0.1, -0.05) is 0 Å². The van der Waals surface area contributed by atoms with E-state index in [-0.39, 0.29) is 0 Å². The van der Waals surface area contributed by atoms with Crippen molar-refractivity contribution in [2.45, 2.75) is 0 Å². The second kappa shape index (κ2) is 4.96. The molecule has 94 valence electrons. The summed E-state index contributed by atoms with van der Waals surface area (Å²) in [5.74, 6) is 1.64. The summed E-state index contributed by atoms with van der Waals surface area (Å²) >= 11 is 1.68. The van der Waals surface area contributed by atoms with Gasteiger partial charge in [-0.15, -0.1) is 0 Å². The molecular weight excluding hydrogens is 248 g/mol. The lowest BCUT2D eigenvalue weighted by molar-refractivity contribution is 0.00243. The second-order valence-corrected chi connectivity index (χ2v) is 4.94. The molecule has 0 atom stereocenters. The molecule has 0 amide bonds. The van der Waals surface area contributed by atoms with Gasteiger partial charge in [-0.2, -0.15) is 0 Å². The molecule has 2 aliphatic rings. The molecule has 18 heavy (non-hydrogen) atoms. The average molecular weight is 262 g/mol. The fourth-order valence-corrected chi connectivity index (χ4v) is 2.66. The van der Waals surface area contributed by atoms with Crippen LogP contribution in [0.3, 0.4) is 0 Å². The highest BCUT2D eigenvalue weighted by atomic mass is 32.2. The van der Waals surface area contributed by atoms with Crippen LogP contribution >= 0.6 is 11.9 Å². The first-order chi connectivity index (χ1) is 8.85. The van der Waals surface area contributed by atoms with Gasteiger partial charge in [-0.25, -0.2) is 5.06 Å². The number of hydrogen-bond acceptors (Lipinski definition) is 5. The molecule has 0 bridgehead atoms. The van der Waals surface area contributed by atoms with Crippen molar-refractivity contribution < 1.29 is 9.57 Å². The van der Waals surface area contributed by atoms with E-state index in [0.29, 0.717) is 0 Å². The standard InChI is InChI=1S/C13H14N2O2S/c1-16-11-2-4-12(5-3-11)17-15-7-6-13-10(9-15)8-14-18-13/h2-6,9,14H,7-8H2,1H3. The largest absolute Gasteiger partial charge is 0.497 e. The van der Waals surface area contributed by atoms with Gasteiger partial charge in [0, 0.05) is 23.2 Å². The molecule has 0 unspecified atom stereocenters. The van der Waals surface area contributed by atoms with Crippen LogP contribution < -0.4 is 14.3 Å². The molecule has 2 aliphatic heterocycles. The molecule has 0 aliphatic carbocycles. The Balaban J connectivity index is 1.68. The van der Waals surface area contributed by atoms with Crippen molar-refractivity contribution in [1.82, 2.24) is 9.79 Å². The smallest absolute Gasteiger partial charge is 0.155 e.